The Morgan fingerprint density at radius 2 is 1.87 bits per heavy atom. The molecule has 1 aliphatic heterocycles. The van der Waals surface area contributed by atoms with Gasteiger partial charge in [0, 0.05) is 33.2 Å². The van der Waals surface area contributed by atoms with Crippen molar-refractivity contribution in [3.8, 4) is 17.2 Å². The first kappa shape index (κ1) is 19.6. The van der Waals surface area contributed by atoms with Gasteiger partial charge in [-0.25, -0.2) is 4.98 Å². The first-order valence-electron chi connectivity index (χ1n) is 9.74. The van der Waals surface area contributed by atoms with Crippen molar-refractivity contribution in [1.82, 2.24) is 14.2 Å². The quantitative estimate of drug-likeness (QED) is 0.406. The lowest BCUT2D eigenvalue weighted by Crippen LogP contribution is -2.20. The SMILES string of the molecule is Cc1cc(C=Nn2c(C)nc3ccc(Br)cc3c2=O)c(C)n1-c1ccc2c(c1)OCO2. The van der Waals surface area contributed by atoms with Crippen LogP contribution in [0.1, 0.15) is 22.8 Å². The van der Waals surface area contributed by atoms with Gasteiger partial charge in [-0.2, -0.15) is 9.78 Å². The van der Waals surface area contributed by atoms with Crippen LogP contribution in [0.2, 0.25) is 0 Å². The van der Waals surface area contributed by atoms with Gasteiger partial charge in [0.25, 0.3) is 5.56 Å². The number of halogens is 1. The maximum atomic E-state index is 13.0. The van der Waals surface area contributed by atoms with Crippen LogP contribution in [0.4, 0.5) is 0 Å². The minimum Gasteiger partial charge on any atom is -0.454 e. The van der Waals surface area contributed by atoms with Crippen molar-refractivity contribution in [1.29, 1.82) is 0 Å². The summed E-state index contributed by atoms with van der Waals surface area (Å²) in [6, 6.07) is 13.4. The van der Waals surface area contributed by atoms with Crippen LogP contribution in [0.3, 0.4) is 0 Å². The Balaban J connectivity index is 1.56. The molecule has 0 amide bonds. The van der Waals surface area contributed by atoms with E-state index < -0.39 is 0 Å². The molecule has 0 aliphatic carbocycles. The Morgan fingerprint density at radius 3 is 2.71 bits per heavy atom. The van der Waals surface area contributed by atoms with E-state index in [2.05, 4.69) is 30.6 Å². The van der Waals surface area contributed by atoms with Crippen molar-refractivity contribution < 1.29 is 9.47 Å². The molecule has 0 bridgehead atoms. The summed E-state index contributed by atoms with van der Waals surface area (Å²) in [6.45, 7) is 6.06. The third-order valence-electron chi connectivity index (χ3n) is 5.37. The molecule has 1 aliphatic rings. The number of benzene rings is 2. The minimum atomic E-state index is -0.204. The molecule has 0 fully saturated rings. The van der Waals surface area contributed by atoms with Crippen molar-refractivity contribution in [2.24, 2.45) is 5.10 Å². The van der Waals surface area contributed by atoms with Crippen LogP contribution in [0.5, 0.6) is 11.5 Å². The molecule has 156 valence electrons. The predicted molar refractivity (Wildman–Crippen MR) is 123 cm³/mol. The number of aromatic nitrogens is 3. The van der Waals surface area contributed by atoms with E-state index in [4.69, 9.17) is 9.47 Å². The lowest BCUT2D eigenvalue weighted by atomic mass is 10.2. The van der Waals surface area contributed by atoms with Gasteiger partial charge in [-0.05, 0) is 57.2 Å². The van der Waals surface area contributed by atoms with Crippen LogP contribution < -0.4 is 15.0 Å². The minimum absolute atomic E-state index is 0.204. The number of rotatable bonds is 3. The Morgan fingerprint density at radius 1 is 1.06 bits per heavy atom. The van der Waals surface area contributed by atoms with E-state index >= 15 is 0 Å². The Kier molecular flexibility index (Phi) is 4.66. The third kappa shape index (κ3) is 3.33. The van der Waals surface area contributed by atoms with E-state index in [1.54, 1.807) is 19.2 Å². The number of aryl methyl sites for hydroxylation is 2. The fourth-order valence-electron chi connectivity index (χ4n) is 3.86. The van der Waals surface area contributed by atoms with Gasteiger partial charge < -0.3 is 14.0 Å². The van der Waals surface area contributed by atoms with Crippen molar-refractivity contribution >= 4 is 33.0 Å². The number of hydrogen-bond donors (Lipinski definition) is 0. The van der Waals surface area contributed by atoms with Crippen LogP contribution in [-0.4, -0.2) is 27.2 Å². The molecule has 7 nitrogen and oxygen atoms in total. The van der Waals surface area contributed by atoms with E-state index in [0.717, 1.165) is 38.6 Å². The van der Waals surface area contributed by atoms with Gasteiger partial charge in [0.2, 0.25) is 6.79 Å². The third-order valence-corrected chi connectivity index (χ3v) is 5.86. The molecule has 0 N–H and O–H groups in total. The lowest BCUT2D eigenvalue weighted by Gasteiger charge is -2.10. The summed E-state index contributed by atoms with van der Waals surface area (Å²) in [6.07, 6.45) is 1.70. The van der Waals surface area contributed by atoms with Crippen molar-refractivity contribution in [2.45, 2.75) is 20.8 Å². The van der Waals surface area contributed by atoms with Crippen LogP contribution in [0, 0.1) is 20.8 Å². The zero-order valence-corrected chi connectivity index (χ0v) is 18.8. The summed E-state index contributed by atoms with van der Waals surface area (Å²) in [5.41, 5.74) is 4.38. The molecule has 4 aromatic rings. The summed E-state index contributed by atoms with van der Waals surface area (Å²) in [5, 5.41) is 4.98. The van der Waals surface area contributed by atoms with Gasteiger partial charge in [0.15, 0.2) is 11.5 Å². The van der Waals surface area contributed by atoms with Gasteiger partial charge in [-0.15, -0.1) is 0 Å². The molecule has 5 rings (SSSR count). The molecule has 2 aromatic heterocycles. The Hall–Kier alpha value is -3.39. The van der Waals surface area contributed by atoms with Gasteiger partial charge >= 0.3 is 0 Å². The average Bonchev–Trinajstić information content (AvgIpc) is 3.32. The van der Waals surface area contributed by atoms with Gasteiger partial charge in [0.1, 0.15) is 5.82 Å². The highest BCUT2D eigenvalue weighted by molar-refractivity contribution is 9.10. The topological polar surface area (TPSA) is 70.6 Å². The highest BCUT2D eigenvalue weighted by atomic mass is 79.9. The van der Waals surface area contributed by atoms with Gasteiger partial charge in [-0.3, -0.25) is 4.79 Å². The van der Waals surface area contributed by atoms with Crippen molar-refractivity contribution in [2.75, 3.05) is 6.79 Å². The van der Waals surface area contributed by atoms with E-state index in [1.165, 1.54) is 4.68 Å². The molecule has 2 aromatic carbocycles. The molecule has 0 spiro atoms. The average molecular weight is 479 g/mol. The Bertz CT molecular complexity index is 1440. The molecule has 0 unspecified atom stereocenters. The second-order valence-corrected chi connectivity index (χ2v) is 8.30. The number of fused-ring (bicyclic) bond motifs is 2. The Labute approximate surface area is 186 Å². The zero-order chi connectivity index (χ0) is 21.7. The van der Waals surface area contributed by atoms with Crippen molar-refractivity contribution in [3.05, 3.63) is 80.1 Å². The lowest BCUT2D eigenvalue weighted by molar-refractivity contribution is 0.174. The molecular formula is C23H19BrN4O3. The fourth-order valence-corrected chi connectivity index (χ4v) is 4.22. The molecule has 0 saturated carbocycles. The van der Waals surface area contributed by atoms with E-state index in [1.807, 2.05) is 50.2 Å². The second-order valence-electron chi connectivity index (χ2n) is 7.38. The molecule has 3 heterocycles. The maximum absolute atomic E-state index is 13.0. The van der Waals surface area contributed by atoms with Crippen LogP contribution in [0.25, 0.3) is 16.6 Å². The summed E-state index contributed by atoms with van der Waals surface area (Å²) < 4.78 is 15.2. The van der Waals surface area contributed by atoms with E-state index in [0.29, 0.717) is 16.7 Å². The molecule has 0 saturated heterocycles. The molecule has 0 atom stereocenters. The summed E-state index contributed by atoms with van der Waals surface area (Å²) in [7, 11) is 0. The van der Waals surface area contributed by atoms with Crippen LogP contribution >= 0.6 is 15.9 Å². The maximum Gasteiger partial charge on any atom is 0.282 e. The number of hydrogen-bond acceptors (Lipinski definition) is 5. The van der Waals surface area contributed by atoms with E-state index in [9.17, 15) is 4.79 Å². The fraction of sp³-hybridized carbons (Fsp3) is 0.174. The highest BCUT2D eigenvalue weighted by Crippen LogP contribution is 2.34. The zero-order valence-electron chi connectivity index (χ0n) is 17.2. The molecule has 8 heteroatoms. The summed E-state index contributed by atoms with van der Waals surface area (Å²) in [5.74, 6) is 2.01. The normalized spacial score (nSPS) is 12.9. The second kappa shape index (κ2) is 7.39. The molecule has 0 radical (unpaired) electrons. The molecular weight excluding hydrogens is 460 g/mol. The van der Waals surface area contributed by atoms with Crippen LogP contribution in [0.15, 0.2) is 56.8 Å². The van der Waals surface area contributed by atoms with Gasteiger partial charge in [-0.1, -0.05) is 15.9 Å². The van der Waals surface area contributed by atoms with E-state index in [-0.39, 0.29) is 12.4 Å². The molecule has 31 heavy (non-hydrogen) atoms. The van der Waals surface area contributed by atoms with Gasteiger partial charge in [0.05, 0.1) is 17.1 Å². The largest absolute Gasteiger partial charge is 0.454 e. The summed E-state index contributed by atoms with van der Waals surface area (Å²) >= 11 is 3.41. The number of ether oxygens (including phenoxy) is 2. The highest BCUT2D eigenvalue weighted by Gasteiger charge is 2.16. The first-order chi connectivity index (χ1) is 14.9. The monoisotopic (exact) mass is 478 g/mol. The summed E-state index contributed by atoms with van der Waals surface area (Å²) in [4.78, 5) is 17.5. The predicted octanol–water partition coefficient (Wildman–Crippen LogP) is 4.49. The number of nitrogens with zero attached hydrogens (tertiary/aromatic N) is 4. The standard InChI is InChI=1S/C23H19BrN4O3/c1-13-8-16(14(2)27(13)18-5-7-21-22(10-18)31-12-30-21)11-25-28-15(3)26-20-6-4-17(24)9-19(20)23(28)29/h4-11H,12H2,1-3H3. The van der Waals surface area contributed by atoms with Crippen molar-refractivity contribution in [3.63, 3.8) is 0 Å². The smallest absolute Gasteiger partial charge is 0.282 e. The first-order valence-corrected chi connectivity index (χ1v) is 10.5. The van der Waals surface area contributed by atoms with Crippen LogP contribution in [-0.2, 0) is 0 Å².